The highest BCUT2D eigenvalue weighted by Gasteiger charge is 2.17. The maximum absolute atomic E-state index is 11.1. The molecule has 2 N–H and O–H groups in total. The van der Waals surface area contributed by atoms with Crippen LogP contribution in [0.25, 0.3) is 5.52 Å². The Hall–Kier alpha value is -3.00. The van der Waals surface area contributed by atoms with Crippen molar-refractivity contribution in [2.45, 2.75) is 19.8 Å². The Labute approximate surface area is 127 Å². The highest BCUT2D eigenvalue weighted by atomic mass is 16.4. The second-order valence-electron chi connectivity index (χ2n) is 5.28. The molecule has 0 aliphatic heterocycles. The number of nitriles is 1. The summed E-state index contributed by atoms with van der Waals surface area (Å²) in [5.74, 6) is -0.855. The summed E-state index contributed by atoms with van der Waals surface area (Å²) in [6.07, 6.45) is 4.27. The molecule has 0 bridgehead atoms. The number of rotatable bonds is 4. The number of nitrogens with zero attached hydrogens (tertiary/aromatic N) is 2. The third kappa shape index (κ3) is 2.35. The first-order valence-corrected chi connectivity index (χ1v) is 6.96. The molecule has 3 aromatic rings. The number of hydrogen-bond acceptors (Lipinski definition) is 2. The summed E-state index contributed by atoms with van der Waals surface area (Å²) in [7, 11) is 0. The smallest absolute Gasteiger partial charge is 0.307 e. The first-order chi connectivity index (χ1) is 10.6. The maximum Gasteiger partial charge on any atom is 0.307 e. The Balaban J connectivity index is 2.21. The molecule has 0 fully saturated rings. The standard InChI is InChI=1S/C17H15N3O2/c1-11-14(8-17(21)22)15-5-4-12(9-18)10-20(15)16(11)7-13-3-2-6-19-13/h2-6,10,19H,7-8H2,1H3,(H,21,22). The van der Waals surface area contributed by atoms with Gasteiger partial charge in [-0.05, 0) is 42.3 Å². The van der Waals surface area contributed by atoms with Crippen molar-refractivity contribution in [2.75, 3.05) is 0 Å². The fraction of sp³-hybridized carbons (Fsp3) is 0.176. The van der Waals surface area contributed by atoms with Crippen LogP contribution >= 0.6 is 0 Å². The largest absolute Gasteiger partial charge is 0.481 e. The highest BCUT2D eigenvalue weighted by molar-refractivity contribution is 5.76. The first-order valence-electron chi connectivity index (χ1n) is 6.96. The van der Waals surface area contributed by atoms with Gasteiger partial charge in [0.05, 0.1) is 12.0 Å². The maximum atomic E-state index is 11.1. The van der Waals surface area contributed by atoms with Gasteiger partial charge in [-0.15, -0.1) is 0 Å². The zero-order valence-corrected chi connectivity index (χ0v) is 12.1. The van der Waals surface area contributed by atoms with Gasteiger partial charge in [-0.2, -0.15) is 5.26 Å². The molecule has 0 amide bonds. The molecule has 0 unspecified atom stereocenters. The number of aliphatic carboxylic acids is 1. The van der Waals surface area contributed by atoms with E-state index in [0.717, 1.165) is 28.0 Å². The van der Waals surface area contributed by atoms with E-state index < -0.39 is 5.97 Å². The number of fused-ring (bicyclic) bond motifs is 1. The van der Waals surface area contributed by atoms with E-state index in [9.17, 15) is 4.79 Å². The third-order valence-corrected chi connectivity index (χ3v) is 3.91. The Morgan fingerprint density at radius 2 is 2.23 bits per heavy atom. The molecule has 0 saturated heterocycles. The number of nitrogens with one attached hydrogen (secondary N) is 1. The summed E-state index contributed by atoms with van der Waals surface area (Å²) in [4.78, 5) is 14.3. The fourth-order valence-corrected chi connectivity index (χ4v) is 2.83. The second kappa shape index (κ2) is 5.41. The molecule has 5 nitrogen and oxygen atoms in total. The molecular weight excluding hydrogens is 278 g/mol. The number of carboxylic acids is 1. The van der Waals surface area contributed by atoms with E-state index >= 15 is 0 Å². The Morgan fingerprint density at radius 1 is 1.41 bits per heavy atom. The van der Waals surface area contributed by atoms with Crippen LogP contribution in [0.2, 0.25) is 0 Å². The normalized spacial score (nSPS) is 10.7. The van der Waals surface area contributed by atoms with E-state index in [1.807, 2.05) is 35.7 Å². The molecule has 5 heteroatoms. The minimum absolute atomic E-state index is 0.0219. The zero-order chi connectivity index (χ0) is 15.7. The Bertz CT molecular complexity index is 883. The van der Waals surface area contributed by atoms with Gasteiger partial charge >= 0.3 is 5.97 Å². The van der Waals surface area contributed by atoms with E-state index in [2.05, 4.69) is 11.1 Å². The van der Waals surface area contributed by atoms with Crippen molar-refractivity contribution in [1.82, 2.24) is 9.38 Å². The van der Waals surface area contributed by atoms with E-state index in [1.165, 1.54) is 0 Å². The molecule has 110 valence electrons. The van der Waals surface area contributed by atoms with Crippen molar-refractivity contribution >= 4 is 11.5 Å². The predicted molar refractivity (Wildman–Crippen MR) is 81.8 cm³/mol. The summed E-state index contributed by atoms with van der Waals surface area (Å²) in [6.45, 7) is 1.94. The summed E-state index contributed by atoms with van der Waals surface area (Å²) in [6, 6.07) is 9.59. The molecule has 3 heterocycles. The molecule has 0 saturated carbocycles. The average molecular weight is 293 g/mol. The van der Waals surface area contributed by atoms with Gasteiger partial charge in [0.1, 0.15) is 6.07 Å². The molecule has 22 heavy (non-hydrogen) atoms. The van der Waals surface area contributed by atoms with Gasteiger partial charge in [0.2, 0.25) is 0 Å². The summed E-state index contributed by atoms with van der Waals surface area (Å²) >= 11 is 0. The SMILES string of the molecule is Cc1c(CC(=O)O)c2ccc(C#N)cn2c1Cc1ccc[nH]1. The van der Waals surface area contributed by atoms with Gasteiger partial charge in [-0.3, -0.25) is 4.79 Å². The number of aromatic amines is 1. The van der Waals surface area contributed by atoms with Gasteiger partial charge in [0, 0.05) is 35.7 Å². The lowest BCUT2D eigenvalue weighted by atomic mass is 10.1. The topological polar surface area (TPSA) is 81.3 Å². The minimum atomic E-state index is -0.855. The van der Waals surface area contributed by atoms with Gasteiger partial charge in [0.15, 0.2) is 0 Å². The van der Waals surface area contributed by atoms with Crippen LogP contribution in [0.15, 0.2) is 36.7 Å². The molecule has 3 aromatic heterocycles. The molecular formula is C17H15N3O2. The van der Waals surface area contributed by atoms with Crippen molar-refractivity contribution in [3.05, 3.63) is 64.7 Å². The van der Waals surface area contributed by atoms with Crippen LogP contribution in [0.5, 0.6) is 0 Å². The molecule has 0 aliphatic carbocycles. The average Bonchev–Trinajstić information content (AvgIpc) is 3.09. The van der Waals surface area contributed by atoms with Gasteiger partial charge in [0.25, 0.3) is 0 Å². The quantitative estimate of drug-likeness (QED) is 0.776. The number of hydrogen-bond donors (Lipinski definition) is 2. The van der Waals surface area contributed by atoms with Crippen LogP contribution in [0, 0.1) is 18.3 Å². The lowest BCUT2D eigenvalue weighted by Crippen LogP contribution is -2.01. The zero-order valence-electron chi connectivity index (χ0n) is 12.1. The van der Waals surface area contributed by atoms with Crippen molar-refractivity contribution in [3.63, 3.8) is 0 Å². The lowest BCUT2D eigenvalue weighted by molar-refractivity contribution is -0.136. The molecule has 3 rings (SSSR count). The first kappa shape index (κ1) is 14.0. The molecule has 0 aromatic carbocycles. The Kier molecular flexibility index (Phi) is 3.43. The van der Waals surface area contributed by atoms with Crippen molar-refractivity contribution < 1.29 is 9.90 Å². The van der Waals surface area contributed by atoms with E-state index in [4.69, 9.17) is 10.4 Å². The van der Waals surface area contributed by atoms with Crippen LogP contribution in [0.1, 0.15) is 28.1 Å². The second-order valence-corrected chi connectivity index (χ2v) is 5.28. The predicted octanol–water partition coefficient (Wildman–Crippen LogP) is 2.67. The Morgan fingerprint density at radius 3 is 2.86 bits per heavy atom. The van der Waals surface area contributed by atoms with Gasteiger partial charge < -0.3 is 14.5 Å². The summed E-state index contributed by atoms with van der Waals surface area (Å²) in [5.41, 5.74) is 5.22. The molecule has 0 atom stereocenters. The van der Waals surface area contributed by atoms with Crippen LogP contribution in [-0.4, -0.2) is 20.5 Å². The monoisotopic (exact) mass is 293 g/mol. The molecule has 0 radical (unpaired) electrons. The van der Waals surface area contributed by atoms with Crippen molar-refractivity contribution in [1.29, 1.82) is 5.26 Å². The number of aromatic nitrogens is 2. The number of H-pyrrole nitrogens is 1. The third-order valence-electron chi connectivity index (χ3n) is 3.91. The van der Waals surface area contributed by atoms with E-state index in [0.29, 0.717) is 12.0 Å². The summed E-state index contributed by atoms with van der Waals surface area (Å²) in [5, 5.41) is 18.3. The number of pyridine rings is 1. The van der Waals surface area contributed by atoms with Gasteiger partial charge in [-0.25, -0.2) is 0 Å². The van der Waals surface area contributed by atoms with Gasteiger partial charge in [-0.1, -0.05) is 0 Å². The minimum Gasteiger partial charge on any atom is -0.481 e. The van der Waals surface area contributed by atoms with Crippen LogP contribution in [0.4, 0.5) is 0 Å². The molecule has 0 aliphatic rings. The number of carboxylic acid groups (broad SMARTS) is 1. The van der Waals surface area contributed by atoms with E-state index in [1.54, 1.807) is 12.3 Å². The van der Waals surface area contributed by atoms with E-state index in [-0.39, 0.29) is 6.42 Å². The van der Waals surface area contributed by atoms with Crippen LogP contribution in [0.3, 0.4) is 0 Å². The molecule has 0 spiro atoms. The van der Waals surface area contributed by atoms with Crippen LogP contribution < -0.4 is 0 Å². The van der Waals surface area contributed by atoms with Crippen molar-refractivity contribution in [3.8, 4) is 6.07 Å². The lowest BCUT2D eigenvalue weighted by Gasteiger charge is -2.04. The summed E-state index contributed by atoms with van der Waals surface area (Å²) < 4.78 is 1.94. The number of carbonyl (C=O) groups is 1. The van der Waals surface area contributed by atoms with Crippen LogP contribution in [-0.2, 0) is 17.6 Å². The van der Waals surface area contributed by atoms with Crippen molar-refractivity contribution in [2.24, 2.45) is 0 Å². The fourth-order valence-electron chi connectivity index (χ4n) is 2.83. The highest BCUT2D eigenvalue weighted by Crippen LogP contribution is 2.26.